The molecule has 1 saturated heterocycles. The van der Waals surface area contributed by atoms with Crippen LogP contribution in [-0.2, 0) is 11.3 Å². The van der Waals surface area contributed by atoms with Crippen molar-refractivity contribution < 1.29 is 14.3 Å². The lowest BCUT2D eigenvalue weighted by atomic mass is 10.1. The van der Waals surface area contributed by atoms with E-state index < -0.39 is 0 Å². The summed E-state index contributed by atoms with van der Waals surface area (Å²) in [7, 11) is 0. The normalized spacial score (nSPS) is 14.5. The first-order valence-electron chi connectivity index (χ1n) is 9.61. The summed E-state index contributed by atoms with van der Waals surface area (Å²) in [6, 6.07) is 6.81. The van der Waals surface area contributed by atoms with Crippen molar-refractivity contribution in [1.82, 2.24) is 15.2 Å². The Bertz CT molecular complexity index is 785. The van der Waals surface area contributed by atoms with Crippen molar-refractivity contribution in [3.05, 3.63) is 40.9 Å². The highest BCUT2D eigenvalue weighted by atomic mass is 32.1. The fourth-order valence-corrected chi connectivity index (χ4v) is 3.80. The van der Waals surface area contributed by atoms with E-state index in [-0.39, 0.29) is 18.4 Å². The van der Waals surface area contributed by atoms with Crippen LogP contribution in [0.5, 0.6) is 5.75 Å². The Kier molecular flexibility index (Phi) is 7.39. The first-order valence-corrected chi connectivity index (χ1v) is 10.5. The number of anilines is 1. The molecule has 2 heterocycles. The second kappa shape index (κ2) is 10.2. The second-order valence-electron chi connectivity index (χ2n) is 6.67. The molecule has 28 heavy (non-hydrogen) atoms. The van der Waals surface area contributed by atoms with Crippen molar-refractivity contribution in [3.63, 3.8) is 0 Å². The van der Waals surface area contributed by atoms with Gasteiger partial charge in [0.05, 0.1) is 18.8 Å². The van der Waals surface area contributed by atoms with Gasteiger partial charge in [-0.2, -0.15) is 0 Å². The molecule has 0 bridgehead atoms. The number of hydrogen-bond donors (Lipinski definition) is 2. The summed E-state index contributed by atoms with van der Waals surface area (Å²) < 4.78 is 5.35. The van der Waals surface area contributed by atoms with Gasteiger partial charge < -0.3 is 15.4 Å². The van der Waals surface area contributed by atoms with Gasteiger partial charge in [0.15, 0.2) is 5.13 Å². The van der Waals surface area contributed by atoms with Crippen molar-refractivity contribution in [2.24, 2.45) is 0 Å². The average Bonchev–Trinajstić information content (AvgIpc) is 3.14. The maximum absolute atomic E-state index is 12.1. The number of amides is 2. The molecular weight excluding hydrogens is 376 g/mol. The van der Waals surface area contributed by atoms with Gasteiger partial charge in [0.25, 0.3) is 5.91 Å². The SMILES string of the molecule is CCOc1ccc(C(=O)NCC(=O)Nc2nc(CN3CCCCC3)cs2)cc1. The van der Waals surface area contributed by atoms with Crippen molar-refractivity contribution in [2.75, 3.05) is 31.6 Å². The van der Waals surface area contributed by atoms with Gasteiger partial charge in [-0.05, 0) is 57.1 Å². The smallest absolute Gasteiger partial charge is 0.251 e. The summed E-state index contributed by atoms with van der Waals surface area (Å²) in [5.74, 6) is 0.113. The molecule has 2 aromatic rings. The van der Waals surface area contributed by atoms with Gasteiger partial charge in [0.1, 0.15) is 5.75 Å². The van der Waals surface area contributed by atoms with Gasteiger partial charge in [-0.15, -0.1) is 11.3 Å². The summed E-state index contributed by atoms with van der Waals surface area (Å²) >= 11 is 1.41. The molecule has 0 aliphatic carbocycles. The van der Waals surface area contributed by atoms with E-state index in [9.17, 15) is 9.59 Å². The maximum Gasteiger partial charge on any atom is 0.251 e. The van der Waals surface area contributed by atoms with E-state index in [1.54, 1.807) is 24.3 Å². The minimum Gasteiger partial charge on any atom is -0.494 e. The molecule has 1 aliphatic heterocycles. The van der Waals surface area contributed by atoms with Crippen LogP contribution < -0.4 is 15.4 Å². The van der Waals surface area contributed by atoms with Crippen molar-refractivity contribution in [3.8, 4) is 5.75 Å². The lowest BCUT2D eigenvalue weighted by Crippen LogP contribution is -2.32. The number of carbonyl (C=O) groups is 2. The van der Waals surface area contributed by atoms with Gasteiger partial charge in [0, 0.05) is 17.5 Å². The molecule has 1 aromatic heterocycles. The van der Waals surface area contributed by atoms with E-state index in [0.29, 0.717) is 23.1 Å². The summed E-state index contributed by atoms with van der Waals surface area (Å²) in [6.45, 7) is 5.40. The monoisotopic (exact) mass is 402 g/mol. The maximum atomic E-state index is 12.1. The summed E-state index contributed by atoms with van der Waals surface area (Å²) in [5.41, 5.74) is 1.45. The number of benzene rings is 1. The number of nitrogens with zero attached hydrogens (tertiary/aromatic N) is 2. The van der Waals surface area contributed by atoms with Crippen LogP contribution in [0, 0.1) is 0 Å². The van der Waals surface area contributed by atoms with Crippen LogP contribution in [0.3, 0.4) is 0 Å². The number of ether oxygens (including phenoxy) is 1. The van der Waals surface area contributed by atoms with Gasteiger partial charge in [-0.3, -0.25) is 14.5 Å². The zero-order valence-electron chi connectivity index (χ0n) is 16.1. The van der Waals surface area contributed by atoms with E-state index in [4.69, 9.17) is 4.74 Å². The highest BCUT2D eigenvalue weighted by molar-refractivity contribution is 7.13. The molecule has 0 radical (unpaired) electrons. The lowest BCUT2D eigenvalue weighted by Gasteiger charge is -2.25. The van der Waals surface area contributed by atoms with E-state index >= 15 is 0 Å². The molecule has 2 N–H and O–H groups in total. The minimum absolute atomic E-state index is 0.104. The van der Waals surface area contributed by atoms with E-state index in [2.05, 4.69) is 20.5 Å². The first kappa shape index (κ1) is 20.3. The van der Waals surface area contributed by atoms with Crippen LogP contribution in [-0.4, -0.2) is 47.9 Å². The average molecular weight is 403 g/mol. The molecular formula is C20H26N4O3S. The van der Waals surface area contributed by atoms with Crippen LogP contribution in [0.15, 0.2) is 29.6 Å². The van der Waals surface area contributed by atoms with E-state index in [0.717, 1.165) is 25.3 Å². The predicted octanol–water partition coefficient (Wildman–Crippen LogP) is 2.90. The van der Waals surface area contributed by atoms with Gasteiger partial charge in [-0.1, -0.05) is 6.42 Å². The Hall–Kier alpha value is -2.45. The predicted molar refractivity (Wildman–Crippen MR) is 110 cm³/mol. The molecule has 0 saturated carbocycles. The molecule has 0 spiro atoms. The summed E-state index contributed by atoms with van der Waals surface area (Å²) in [6.07, 6.45) is 3.78. The van der Waals surface area contributed by atoms with Crippen molar-refractivity contribution in [1.29, 1.82) is 0 Å². The second-order valence-corrected chi connectivity index (χ2v) is 7.53. The third-order valence-electron chi connectivity index (χ3n) is 4.47. The van der Waals surface area contributed by atoms with Crippen molar-refractivity contribution in [2.45, 2.75) is 32.7 Å². The van der Waals surface area contributed by atoms with E-state index in [1.165, 1.54) is 30.6 Å². The fourth-order valence-electron chi connectivity index (χ4n) is 3.08. The third kappa shape index (κ3) is 6.03. The van der Waals surface area contributed by atoms with Crippen LogP contribution in [0.25, 0.3) is 0 Å². The molecule has 0 atom stereocenters. The van der Waals surface area contributed by atoms with Gasteiger partial charge >= 0.3 is 0 Å². The number of thiazole rings is 1. The highest BCUT2D eigenvalue weighted by Gasteiger charge is 2.14. The number of rotatable bonds is 8. The third-order valence-corrected chi connectivity index (χ3v) is 5.28. The molecule has 1 fully saturated rings. The van der Waals surface area contributed by atoms with Crippen LogP contribution >= 0.6 is 11.3 Å². The Morgan fingerprint density at radius 1 is 1.18 bits per heavy atom. The zero-order chi connectivity index (χ0) is 19.8. The summed E-state index contributed by atoms with van der Waals surface area (Å²) in [4.78, 5) is 31.1. The topological polar surface area (TPSA) is 83.6 Å². The molecule has 8 heteroatoms. The van der Waals surface area contributed by atoms with Crippen LogP contribution in [0.4, 0.5) is 5.13 Å². The highest BCUT2D eigenvalue weighted by Crippen LogP contribution is 2.18. The Morgan fingerprint density at radius 2 is 1.93 bits per heavy atom. The van der Waals surface area contributed by atoms with Crippen molar-refractivity contribution >= 4 is 28.3 Å². The molecule has 0 unspecified atom stereocenters. The number of carbonyl (C=O) groups excluding carboxylic acids is 2. The zero-order valence-corrected chi connectivity index (χ0v) is 16.9. The van der Waals surface area contributed by atoms with Crippen LogP contribution in [0.2, 0.25) is 0 Å². The standard InChI is InChI=1S/C20H26N4O3S/c1-2-27-17-8-6-15(7-9-17)19(26)21-12-18(25)23-20-22-16(14-28-20)13-24-10-4-3-5-11-24/h6-9,14H,2-5,10-13H2,1H3,(H,21,26)(H,22,23,25). The number of nitrogens with one attached hydrogen (secondary N) is 2. The largest absolute Gasteiger partial charge is 0.494 e. The Balaban J connectivity index is 1.43. The van der Waals surface area contributed by atoms with Gasteiger partial charge in [0.2, 0.25) is 5.91 Å². The molecule has 3 rings (SSSR count). The molecule has 150 valence electrons. The minimum atomic E-state index is -0.303. The summed E-state index contributed by atoms with van der Waals surface area (Å²) in [5, 5.41) is 7.90. The number of hydrogen-bond acceptors (Lipinski definition) is 6. The molecule has 1 aromatic carbocycles. The first-order chi connectivity index (χ1) is 13.6. The van der Waals surface area contributed by atoms with E-state index in [1.807, 2.05) is 12.3 Å². The van der Waals surface area contributed by atoms with Crippen LogP contribution in [0.1, 0.15) is 42.2 Å². The van der Waals surface area contributed by atoms with Gasteiger partial charge in [-0.25, -0.2) is 4.98 Å². The lowest BCUT2D eigenvalue weighted by molar-refractivity contribution is -0.115. The Labute approximate surface area is 169 Å². The molecule has 1 aliphatic rings. The number of piperidine rings is 1. The molecule has 2 amide bonds. The fraction of sp³-hybridized carbons (Fsp3) is 0.450. The molecule has 7 nitrogen and oxygen atoms in total. The number of aromatic nitrogens is 1. The quantitative estimate of drug-likeness (QED) is 0.709. The number of likely N-dealkylation sites (tertiary alicyclic amines) is 1. The Morgan fingerprint density at radius 3 is 2.64 bits per heavy atom.